The van der Waals surface area contributed by atoms with Crippen LogP contribution in [0.25, 0.3) is 0 Å². The molecular weight excluding hydrogens is 823 g/mol. The van der Waals surface area contributed by atoms with E-state index in [4.69, 9.17) is 17.3 Å². The molecule has 5 aromatic rings. The van der Waals surface area contributed by atoms with Crippen molar-refractivity contribution >= 4 is 93.9 Å². The maximum absolute atomic E-state index is 13.7. The number of hydrogen-bond acceptors (Lipinski definition) is 16. The quantitative estimate of drug-likeness (QED) is 0.0450. The molecular formula is C29H19ClN7Na3O11S3+2. The third-order valence-electron chi connectivity index (χ3n) is 7.25. The van der Waals surface area contributed by atoms with Crippen LogP contribution in [-0.2, 0) is 30.4 Å². The number of nitrogen functional groups attached to an aromatic ring is 1. The molecule has 0 atom stereocenters. The van der Waals surface area contributed by atoms with Crippen molar-refractivity contribution in [3.63, 3.8) is 0 Å². The molecule has 1 aromatic heterocycles. The van der Waals surface area contributed by atoms with E-state index in [0.717, 1.165) is 36.4 Å². The number of nitrogens with zero attached hydrogens (tertiary/aromatic N) is 3. The average Bonchev–Trinajstić information content (AvgIpc) is 3.02. The van der Waals surface area contributed by atoms with E-state index in [-0.39, 0.29) is 128 Å². The molecule has 0 bridgehead atoms. The summed E-state index contributed by atoms with van der Waals surface area (Å²) in [5, 5.41) is 7.49. The molecule has 1 aliphatic carbocycles. The van der Waals surface area contributed by atoms with Crippen LogP contribution >= 0.6 is 11.6 Å². The Morgan fingerprint density at radius 3 is 1.78 bits per heavy atom. The smallest absolute Gasteiger partial charge is 0.744 e. The average molecular weight is 842 g/mol. The Morgan fingerprint density at radius 2 is 1.20 bits per heavy atom. The number of benzene rings is 4. The van der Waals surface area contributed by atoms with Crippen molar-refractivity contribution in [1.82, 2.24) is 15.0 Å². The van der Waals surface area contributed by atoms with E-state index < -0.39 is 84.8 Å². The zero-order valence-corrected chi connectivity index (χ0v) is 37.2. The van der Waals surface area contributed by atoms with Gasteiger partial charge in [-0.3, -0.25) is 18.7 Å². The molecule has 0 radical (unpaired) electrons. The summed E-state index contributed by atoms with van der Waals surface area (Å²) in [5.74, 6) is -2.25. The molecule has 1 heterocycles. The van der Waals surface area contributed by atoms with Crippen LogP contribution in [0.3, 0.4) is 0 Å². The molecule has 7 N–H and O–H groups in total. The molecule has 0 amide bonds. The summed E-state index contributed by atoms with van der Waals surface area (Å²) < 4.78 is 104. The fourth-order valence-electron chi connectivity index (χ4n) is 5.13. The van der Waals surface area contributed by atoms with Crippen LogP contribution in [0, 0.1) is 0 Å². The molecule has 0 aliphatic heterocycles. The molecule has 0 fully saturated rings. The second kappa shape index (κ2) is 17.3. The second-order valence-electron chi connectivity index (χ2n) is 10.6. The minimum absolute atomic E-state index is 0. The summed E-state index contributed by atoms with van der Waals surface area (Å²) >= 11 is 6.05. The van der Waals surface area contributed by atoms with Crippen molar-refractivity contribution in [3.05, 3.63) is 100 Å². The van der Waals surface area contributed by atoms with Crippen molar-refractivity contribution < 1.29 is 137 Å². The molecule has 18 nitrogen and oxygen atoms in total. The van der Waals surface area contributed by atoms with Gasteiger partial charge in [0.2, 0.25) is 17.2 Å². The molecule has 0 spiro atoms. The molecule has 54 heavy (non-hydrogen) atoms. The first-order valence-electron chi connectivity index (χ1n) is 13.8. The third kappa shape index (κ3) is 9.69. The van der Waals surface area contributed by atoms with Crippen molar-refractivity contribution in [2.45, 2.75) is 14.7 Å². The number of ketones is 2. The van der Waals surface area contributed by atoms with Gasteiger partial charge in [-0.1, -0.05) is 30.3 Å². The van der Waals surface area contributed by atoms with Crippen LogP contribution in [0.15, 0.2) is 87.5 Å². The van der Waals surface area contributed by atoms with E-state index >= 15 is 0 Å². The molecule has 0 saturated heterocycles. The predicted molar refractivity (Wildman–Crippen MR) is 179 cm³/mol. The molecule has 25 heteroatoms. The van der Waals surface area contributed by atoms with E-state index in [2.05, 4.69) is 30.9 Å². The summed E-state index contributed by atoms with van der Waals surface area (Å²) in [6, 6.07) is 14.4. The maximum Gasteiger partial charge on any atom is 1.00 e. The number of aromatic nitrogens is 3. The SMILES string of the molecule is Nc1c(S(=O)(=O)[O-])cc(Nc2ccc(S(=O)(=O)O)c(Nc3nc(Cl)nc(Nc4cccc(S(=O)(=O)O)c4)n3)c2)c2c1C(=O)c1ccccc1C2=O.[Na+].[Na+].[Na+]. The van der Waals surface area contributed by atoms with Crippen LogP contribution in [-0.4, -0.2) is 65.4 Å². The number of anilines is 7. The van der Waals surface area contributed by atoms with Gasteiger partial charge in [0.15, 0.2) is 11.6 Å². The number of hydrogen-bond donors (Lipinski definition) is 6. The van der Waals surface area contributed by atoms with E-state index in [9.17, 15) is 48.5 Å². The fourth-order valence-corrected chi connectivity index (χ4v) is 7.08. The van der Waals surface area contributed by atoms with Gasteiger partial charge >= 0.3 is 88.7 Å². The van der Waals surface area contributed by atoms with Gasteiger partial charge in [-0.25, -0.2) is 8.42 Å². The summed E-state index contributed by atoms with van der Waals surface area (Å²) in [5.41, 5.74) is 3.50. The van der Waals surface area contributed by atoms with Crippen LogP contribution < -0.4 is 110 Å². The van der Waals surface area contributed by atoms with Gasteiger partial charge in [0, 0.05) is 22.5 Å². The second-order valence-corrected chi connectivity index (χ2v) is 15.1. The first kappa shape index (κ1) is 45.8. The first-order valence-corrected chi connectivity index (χ1v) is 18.5. The number of nitrogens with one attached hydrogen (secondary N) is 3. The minimum atomic E-state index is -5.30. The van der Waals surface area contributed by atoms with Crippen molar-refractivity contribution in [2.24, 2.45) is 0 Å². The molecule has 6 rings (SSSR count). The normalized spacial score (nSPS) is 12.2. The topological polar surface area (TPSA) is 301 Å². The van der Waals surface area contributed by atoms with Crippen molar-refractivity contribution in [2.75, 3.05) is 21.7 Å². The van der Waals surface area contributed by atoms with Crippen LogP contribution in [0.4, 0.5) is 40.3 Å². The van der Waals surface area contributed by atoms with Gasteiger partial charge in [-0.15, -0.1) is 0 Å². The minimum Gasteiger partial charge on any atom is -0.744 e. The standard InChI is InChI=1S/C29H20ClN7O11S3.3Na/c30-27-35-28(33-13-4-3-5-15(10-13)49(40,41)42)37-29(36-27)34-18-11-14(8-9-20(18)50(43,44)45)32-19-12-21(51(46,47)48)24(31)23-22(19)25(38)16-6-1-2-7-17(16)26(23)39;;;/h1-12,32H,31H2,(H,40,41,42)(H,43,44,45)(H,46,47,48)(H2,33,34,35,36,37);;;/q;3*+1/p-1. The summed E-state index contributed by atoms with van der Waals surface area (Å²) in [4.78, 5) is 36.7. The Morgan fingerprint density at radius 1 is 0.630 bits per heavy atom. The fraction of sp³-hybridized carbons (Fsp3) is 0. The largest absolute Gasteiger partial charge is 1.00 e. The van der Waals surface area contributed by atoms with Gasteiger partial charge in [0.05, 0.1) is 38.0 Å². The Labute approximate surface area is 378 Å². The molecule has 1 aliphatic rings. The van der Waals surface area contributed by atoms with E-state index in [1.807, 2.05) is 0 Å². The van der Waals surface area contributed by atoms with E-state index in [1.165, 1.54) is 36.4 Å². The Hall–Kier alpha value is -2.55. The number of halogens is 1. The molecule has 262 valence electrons. The Balaban J connectivity index is 0.00000261. The van der Waals surface area contributed by atoms with Gasteiger partial charge < -0.3 is 26.2 Å². The number of rotatable bonds is 9. The molecule has 0 saturated carbocycles. The summed E-state index contributed by atoms with van der Waals surface area (Å²) in [7, 11) is -14.8. The maximum atomic E-state index is 13.7. The van der Waals surface area contributed by atoms with Crippen molar-refractivity contribution in [1.29, 1.82) is 0 Å². The predicted octanol–water partition coefficient (Wildman–Crippen LogP) is -5.48. The van der Waals surface area contributed by atoms with Crippen molar-refractivity contribution in [3.8, 4) is 0 Å². The molecule has 4 aromatic carbocycles. The van der Waals surface area contributed by atoms with Gasteiger partial charge in [-0.05, 0) is 54.1 Å². The van der Waals surface area contributed by atoms with E-state index in [0.29, 0.717) is 0 Å². The zero-order valence-electron chi connectivity index (χ0n) is 28.0. The Bertz CT molecular complexity index is 2690. The zero-order chi connectivity index (χ0) is 37.0. The Kier molecular flexibility index (Phi) is 14.7. The number of carbonyl (C=O) groups is 2. The van der Waals surface area contributed by atoms with Crippen LogP contribution in [0.1, 0.15) is 31.8 Å². The van der Waals surface area contributed by atoms with Gasteiger partial charge in [0.1, 0.15) is 15.0 Å². The molecule has 0 unspecified atom stereocenters. The first-order chi connectivity index (χ1) is 23.8. The number of fused-ring (bicyclic) bond motifs is 2. The number of nitrogens with two attached hydrogens (primary N) is 1. The number of carbonyl (C=O) groups excluding carboxylic acids is 2. The third-order valence-corrected chi connectivity index (χ3v) is 10.1. The summed E-state index contributed by atoms with van der Waals surface area (Å²) in [6.07, 6.45) is 0. The van der Waals surface area contributed by atoms with Crippen LogP contribution in [0.2, 0.25) is 5.28 Å². The monoisotopic (exact) mass is 841 g/mol. The van der Waals surface area contributed by atoms with Gasteiger partial charge in [-0.2, -0.15) is 31.8 Å². The van der Waals surface area contributed by atoms with Crippen LogP contribution in [0.5, 0.6) is 0 Å². The van der Waals surface area contributed by atoms with Gasteiger partial charge in [0.25, 0.3) is 20.2 Å². The van der Waals surface area contributed by atoms with E-state index in [1.54, 1.807) is 0 Å². The summed E-state index contributed by atoms with van der Waals surface area (Å²) in [6.45, 7) is 0.